The maximum absolute atomic E-state index is 11.0. The van der Waals surface area contributed by atoms with Crippen molar-refractivity contribution in [2.24, 2.45) is 10.9 Å². The van der Waals surface area contributed by atoms with Crippen LogP contribution in [0.15, 0.2) is 46.2 Å². The molecule has 0 bridgehead atoms. The molecule has 136 valence electrons. The van der Waals surface area contributed by atoms with Crippen molar-refractivity contribution in [3.63, 3.8) is 0 Å². The molecule has 2 aromatic rings. The van der Waals surface area contributed by atoms with Gasteiger partial charge >= 0.3 is 12.0 Å². The van der Waals surface area contributed by atoms with E-state index in [2.05, 4.69) is 14.8 Å². The molecule has 0 aliphatic carbocycles. The van der Waals surface area contributed by atoms with Crippen molar-refractivity contribution in [1.82, 2.24) is 15.4 Å². The molecule has 2 amide bonds. The summed E-state index contributed by atoms with van der Waals surface area (Å²) in [4.78, 5) is 35.1. The zero-order valence-electron chi connectivity index (χ0n) is 13.3. The largest absolute Gasteiger partial charge is 0.446 e. The Kier molecular flexibility index (Phi) is 6.34. The SMILES string of the molecule is NNC(=O)c1ccncc1.O=C1OCCN1/N=C/c1ccc([N+](=O)[O-])o1. The minimum absolute atomic E-state index is 0.200. The van der Waals surface area contributed by atoms with E-state index in [-0.39, 0.29) is 24.2 Å². The number of hydrogen-bond donors (Lipinski definition) is 2. The molecule has 0 spiro atoms. The molecule has 1 saturated heterocycles. The highest BCUT2D eigenvalue weighted by molar-refractivity contribution is 5.93. The molecule has 1 aliphatic heterocycles. The highest BCUT2D eigenvalue weighted by atomic mass is 16.6. The van der Waals surface area contributed by atoms with E-state index in [1.54, 1.807) is 12.1 Å². The number of cyclic esters (lactones) is 1. The van der Waals surface area contributed by atoms with E-state index in [1.165, 1.54) is 30.7 Å². The first-order valence-corrected chi connectivity index (χ1v) is 7.14. The molecular weight excluding hydrogens is 348 g/mol. The summed E-state index contributed by atoms with van der Waals surface area (Å²) in [6.07, 6.45) is 3.74. The van der Waals surface area contributed by atoms with E-state index in [1.807, 2.05) is 5.43 Å². The van der Waals surface area contributed by atoms with Crippen molar-refractivity contribution in [2.75, 3.05) is 13.2 Å². The molecule has 2 aromatic heterocycles. The number of nitrogens with two attached hydrogens (primary N) is 1. The fourth-order valence-electron chi connectivity index (χ4n) is 1.71. The van der Waals surface area contributed by atoms with Crippen LogP contribution in [0.25, 0.3) is 0 Å². The fourth-order valence-corrected chi connectivity index (χ4v) is 1.71. The van der Waals surface area contributed by atoms with Gasteiger partial charge in [-0.15, -0.1) is 0 Å². The molecule has 1 fully saturated rings. The van der Waals surface area contributed by atoms with Gasteiger partial charge < -0.3 is 9.15 Å². The number of nitrogen functional groups attached to an aromatic ring is 1. The molecular formula is C14H14N6O6. The minimum atomic E-state index is -0.651. The number of rotatable bonds is 4. The number of hydrazone groups is 1. The minimum Gasteiger partial charge on any atom is -0.446 e. The lowest BCUT2D eigenvalue weighted by Gasteiger charge is -2.01. The first-order valence-electron chi connectivity index (χ1n) is 7.14. The third-order valence-electron chi connectivity index (χ3n) is 2.93. The van der Waals surface area contributed by atoms with Gasteiger partial charge in [0.05, 0.1) is 18.8 Å². The molecule has 3 heterocycles. The second kappa shape index (κ2) is 8.89. The molecule has 3 N–H and O–H groups in total. The number of furan rings is 1. The van der Waals surface area contributed by atoms with Crippen molar-refractivity contribution >= 4 is 24.1 Å². The predicted molar refractivity (Wildman–Crippen MR) is 86.9 cm³/mol. The second-order valence-electron chi connectivity index (χ2n) is 4.62. The molecule has 3 rings (SSSR count). The van der Waals surface area contributed by atoms with Gasteiger partial charge in [-0.2, -0.15) is 10.1 Å². The summed E-state index contributed by atoms with van der Waals surface area (Å²) >= 11 is 0. The van der Waals surface area contributed by atoms with Gasteiger partial charge in [0.1, 0.15) is 11.5 Å². The standard InChI is InChI=1S/C8H7N3O5.C6H7N3O/c12-8-10(3-4-15-8)9-5-6-1-2-7(16-6)11(13)14;7-9-6(10)5-1-3-8-4-2-5/h1-2,5H,3-4H2;1-4H,7H2,(H,9,10)/b9-5+;. The average molecular weight is 362 g/mol. The summed E-state index contributed by atoms with van der Waals surface area (Å²) in [5.41, 5.74) is 2.53. The van der Waals surface area contributed by atoms with Crippen molar-refractivity contribution in [3.05, 3.63) is 58.1 Å². The molecule has 0 atom stereocenters. The number of amides is 2. The summed E-state index contributed by atoms with van der Waals surface area (Å²) < 4.78 is 9.44. The molecule has 0 saturated carbocycles. The Bertz CT molecular complexity index is 805. The normalized spacial score (nSPS) is 13.1. The summed E-state index contributed by atoms with van der Waals surface area (Å²) in [6, 6.07) is 5.77. The van der Waals surface area contributed by atoms with Crippen LogP contribution in [0, 0.1) is 10.1 Å². The van der Waals surface area contributed by atoms with E-state index >= 15 is 0 Å². The Morgan fingerprint density at radius 3 is 2.65 bits per heavy atom. The van der Waals surface area contributed by atoms with E-state index in [4.69, 9.17) is 10.3 Å². The zero-order chi connectivity index (χ0) is 18.9. The van der Waals surface area contributed by atoms with Crippen LogP contribution in [0.5, 0.6) is 0 Å². The smallest absolute Gasteiger partial charge is 0.433 e. The number of hydrazine groups is 1. The Labute approximate surface area is 146 Å². The van der Waals surface area contributed by atoms with Crippen LogP contribution in [-0.4, -0.2) is 46.3 Å². The summed E-state index contributed by atoms with van der Waals surface area (Å²) in [5.74, 6) is 4.41. The fraction of sp³-hybridized carbons (Fsp3) is 0.143. The molecule has 1 aliphatic rings. The molecule has 0 unspecified atom stereocenters. The van der Waals surface area contributed by atoms with Crippen LogP contribution >= 0.6 is 0 Å². The molecule has 26 heavy (non-hydrogen) atoms. The summed E-state index contributed by atoms with van der Waals surface area (Å²) in [6.45, 7) is 0.645. The summed E-state index contributed by atoms with van der Waals surface area (Å²) in [5, 5.41) is 15.2. The zero-order valence-corrected chi connectivity index (χ0v) is 13.3. The average Bonchev–Trinajstić information content (AvgIpc) is 3.29. The lowest BCUT2D eigenvalue weighted by atomic mass is 10.3. The van der Waals surface area contributed by atoms with Crippen molar-refractivity contribution in [1.29, 1.82) is 0 Å². The number of nitrogens with one attached hydrogen (secondary N) is 1. The lowest BCUT2D eigenvalue weighted by molar-refractivity contribution is -0.402. The van der Waals surface area contributed by atoms with E-state index < -0.39 is 11.0 Å². The number of hydrogen-bond acceptors (Lipinski definition) is 9. The number of carbonyl (C=O) groups is 2. The van der Waals surface area contributed by atoms with Gasteiger partial charge in [0, 0.05) is 18.0 Å². The van der Waals surface area contributed by atoms with Gasteiger partial charge in [0.25, 0.3) is 5.91 Å². The topological polar surface area (TPSA) is 166 Å². The van der Waals surface area contributed by atoms with E-state index in [9.17, 15) is 19.7 Å². The highest BCUT2D eigenvalue weighted by Gasteiger charge is 2.21. The van der Waals surface area contributed by atoms with Crippen LogP contribution in [0.2, 0.25) is 0 Å². The molecule has 0 radical (unpaired) electrons. The van der Waals surface area contributed by atoms with Crippen LogP contribution in [0.1, 0.15) is 16.1 Å². The Hall–Kier alpha value is -3.80. The second-order valence-corrected chi connectivity index (χ2v) is 4.62. The monoisotopic (exact) mass is 362 g/mol. The number of pyridine rings is 1. The number of nitrogens with zero attached hydrogens (tertiary/aromatic N) is 4. The van der Waals surface area contributed by atoms with Gasteiger partial charge in [0.15, 0.2) is 5.76 Å². The lowest BCUT2D eigenvalue weighted by Crippen LogP contribution is -2.29. The Morgan fingerprint density at radius 1 is 1.38 bits per heavy atom. The predicted octanol–water partition coefficient (Wildman–Crippen LogP) is 0.659. The van der Waals surface area contributed by atoms with Crippen LogP contribution in [-0.2, 0) is 4.74 Å². The Balaban J connectivity index is 0.000000209. The highest BCUT2D eigenvalue weighted by Crippen LogP contribution is 2.14. The van der Waals surface area contributed by atoms with Crippen molar-refractivity contribution in [2.45, 2.75) is 0 Å². The van der Waals surface area contributed by atoms with Crippen LogP contribution in [0.3, 0.4) is 0 Å². The quantitative estimate of drug-likeness (QED) is 0.263. The van der Waals surface area contributed by atoms with Gasteiger partial charge in [-0.3, -0.25) is 25.3 Å². The number of carbonyl (C=O) groups excluding carboxylic acids is 2. The molecule has 12 nitrogen and oxygen atoms in total. The number of aromatic nitrogens is 1. The maximum Gasteiger partial charge on any atom is 0.433 e. The van der Waals surface area contributed by atoms with Gasteiger partial charge in [-0.25, -0.2) is 10.6 Å². The van der Waals surface area contributed by atoms with Gasteiger partial charge in [-0.05, 0) is 18.2 Å². The molecule has 12 heteroatoms. The van der Waals surface area contributed by atoms with Gasteiger partial charge in [-0.1, -0.05) is 0 Å². The third kappa shape index (κ3) is 5.10. The third-order valence-corrected chi connectivity index (χ3v) is 2.93. The van der Waals surface area contributed by atoms with Crippen molar-refractivity contribution in [3.8, 4) is 0 Å². The van der Waals surface area contributed by atoms with Crippen LogP contribution in [0.4, 0.5) is 10.7 Å². The van der Waals surface area contributed by atoms with Crippen molar-refractivity contribution < 1.29 is 23.7 Å². The Morgan fingerprint density at radius 2 is 2.12 bits per heavy atom. The van der Waals surface area contributed by atoms with Crippen LogP contribution < -0.4 is 11.3 Å². The molecule has 0 aromatic carbocycles. The van der Waals surface area contributed by atoms with Gasteiger partial charge in [0.2, 0.25) is 0 Å². The number of ether oxygens (including phenoxy) is 1. The number of nitro groups is 1. The summed E-state index contributed by atoms with van der Waals surface area (Å²) in [7, 11) is 0. The van der Waals surface area contributed by atoms with E-state index in [0.29, 0.717) is 12.1 Å². The maximum atomic E-state index is 11.0. The van der Waals surface area contributed by atoms with E-state index in [0.717, 1.165) is 5.01 Å². The first kappa shape index (κ1) is 18.5. The first-order chi connectivity index (χ1) is 12.5.